The lowest BCUT2D eigenvalue weighted by Crippen LogP contribution is -2.32. The zero-order valence-electron chi connectivity index (χ0n) is 16.7. The average Bonchev–Trinajstić information content (AvgIpc) is 3.37. The quantitative estimate of drug-likeness (QED) is 0.685. The fourth-order valence-corrected chi connectivity index (χ4v) is 3.68. The molecule has 0 saturated carbocycles. The van der Waals surface area contributed by atoms with Gasteiger partial charge in [-0.3, -0.25) is 14.2 Å². The van der Waals surface area contributed by atoms with Crippen molar-refractivity contribution in [2.45, 2.75) is 38.7 Å². The van der Waals surface area contributed by atoms with Crippen molar-refractivity contribution in [3.63, 3.8) is 0 Å². The van der Waals surface area contributed by atoms with Crippen LogP contribution in [-0.2, 0) is 23.0 Å². The van der Waals surface area contributed by atoms with Crippen LogP contribution in [-0.4, -0.2) is 44.5 Å². The number of para-hydroxylation sites is 1. The van der Waals surface area contributed by atoms with Crippen LogP contribution in [0.15, 0.2) is 35.1 Å². The van der Waals surface area contributed by atoms with Crippen LogP contribution in [0.1, 0.15) is 30.7 Å². The Labute approximate surface area is 168 Å². The molecule has 29 heavy (non-hydrogen) atoms. The molecule has 1 saturated heterocycles. The molecule has 152 valence electrons. The topological polar surface area (TPSA) is 91.0 Å². The molecule has 0 bridgehead atoms. The molecule has 1 atom stereocenters. The van der Waals surface area contributed by atoms with Crippen LogP contribution in [0.25, 0.3) is 16.9 Å². The molecule has 0 aliphatic carbocycles. The molecule has 1 aliphatic rings. The Morgan fingerprint density at radius 1 is 1.31 bits per heavy atom. The third-order valence-corrected chi connectivity index (χ3v) is 5.26. The number of nitrogens with one attached hydrogen (secondary N) is 1. The minimum atomic E-state index is -0.207. The van der Waals surface area contributed by atoms with Gasteiger partial charge < -0.3 is 10.1 Å². The highest BCUT2D eigenvalue weighted by molar-refractivity contribution is 5.77. The van der Waals surface area contributed by atoms with E-state index < -0.39 is 0 Å². The van der Waals surface area contributed by atoms with Gasteiger partial charge in [-0.1, -0.05) is 18.2 Å². The highest BCUT2D eigenvalue weighted by Crippen LogP contribution is 2.19. The minimum Gasteiger partial charge on any atom is -0.376 e. The van der Waals surface area contributed by atoms with Crippen LogP contribution < -0.4 is 10.9 Å². The summed E-state index contributed by atoms with van der Waals surface area (Å²) in [6.45, 7) is 3.15. The van der Waals surface area contributed by atoms with Crippen LogP contribution in [0.5, 0.6) is 0 Å². The second-order valence-corrected chi connectivity index (χ2v) is 7.37. The van der Waals surface area contributed by atoms with Crippen molar-refractivity contribution in [3.05, 3.63) is 52.1 Å². The highest BCUT2D eigenvalue weighted by atomic mass is 16.5. The fourth-order valence-electron chi connectivity index (χ4n) is 3.68. The zero-order valence-corrected chi connectivity index (χ0v) is 16.7. The second kappa shape index (κ2) is 8.16. The molecule has 1 aliphatic heterocycles. The normalized spacial score (nSPS) is 16.4. The molecule has 8 nitrogen and oxygen atoms in total. The van der Waals surface area contributed by atoms with E-state index in [-0.39, 0.29) is 30.4 Å². The van der Waals surface area contributed by atoms with E-state index in [1.54, 1.807) is 16.3 Å². The third-order valence-electron chi connectivity index (χ3n) is 5.26. The number of carbonyl (C=O) groups is 1. The van der Waals surface area contributed by atoms with Crippen LogP contribution in [0.4, 0.5) is 0 Å². The standard InChI is InChI=1S/C21H25N5O3/c1-14-19-20(26(24-14)15-7-4-3-5-8-15)25(2)21(28)17(23-19)10-11-18(27)22-13-16-9-6-12-29-16/h3-5,7-8,16H,6,9-13H2,1-2H3,(H,22,27). The van der Waals surface area contributed by atoms with Crippen LogP contribution in [0, 0.1) is 6.92 Å². The van der Waals surface area contributed by atoms with E-state index >= 15 is 0 Å². The van der Waals surface area contributed by atoms with Crippen LogP contribution in [0.2, 0.25) is 0 Å². The Morgan fingerprint density at radius 3 is 2.83 bits per heavy atom. The summed E-state index contributed by atoms with van der Waals surface area (Å²) < 4.78 is 8.81. The smallest absolute Gasteiger partial charge is 0.273 e. The monoisotopic (exact) mass is 395 g/mol. The molecular formula is C21H25N5O3. The minimum absolute atomic E-state index is 0.0962. The van der Waals surface area contributed by atoms with Gasteiger partial charge in [-0.2, -0.15) is 5.10 Å². The number of fused-ring (bicyclic) bond motifs is 1. The number of hydrogen-bond donors (Lipinski definition) is 1. The molecule has 2 aromatic heterocycles. The predicted octanol–water partition coefficient (Wildman–Crippen LogP) is 1.66. The molecule has 1 aromatic carbocycles. The van der Waals surface area contributed by atoms with Gasteiger partial charge in [0.05, 0.1) is 17.5 Å². The first-order valence-electron chi connectivity index (χ1n) is 9.93. The second-order valence-electron chi connectivity index (χ2n) is 7.37. The van der Waals surface area contributed by atoms with Crippen molar-refractivity contribution in [1.82, 2.24) is 24.6 Å². The maximum Gasteiger partial charge on any atom is 0.273 e. The number of benzene rings is 1. The van der Waals surface area contributed by atoms with Crippen LogP contribution in [0.3, 0.4) is 0 Å². The molecule has 8 heteroatoms. The number of carbonyl (C=O) groups excluding carboxylic acids is 1. The van der Waals surface area contributed by atoms with Crippen molar-refractivity contribution in [3.8, 4) is 5.69 Å². The zero-order chi connectivity index (χ0) is 20.4. The first-order valence-corrected chi connectivity index (χ1v) is 9.93. The van der Waals surface area contributed by atoms with Crippen molar-refractivity contribution in [2.75, 3.05) is 13.2 Å². The number of amides is 1. The number of nitrogens with zero attached hydrogens (tertiary/aromatic N) is 4. The summed E-state index contributed by atoms with van der Waals surface area (Å²) in [7, 11) is 1.72. The molecule has 4 rings (SSSR count). The summed E-state index contributed by atoms with van der Waals surface area (Å²) in [5.41, 5.74) is 3.09. The van der Waals surface area contributed by atoms with Crippen molar-refractivity contribution < 1.29 is 9.53 Å². The van der Waals surface area contributed by atoms with Gasteiger partial charge in [0.25, 0.3) is 5.56 Å². The number of rotatable bonds is 6. The number of aromatic nitrogens is 4. The van der Waals surface area contributed by atoms with E-state index in [1.807, 2.05) is 37.3 Å². The molecule has 3 aromatic rings. The first kappa shape index (κ1) is 19.3. The largest absolute Gasteiger partial charge is 0.376 e. The van der Waals surface area contributed by atoms with E-state index in [4.69, 9.17) is 4.74 Å². The average molecular weight is 395 g/mol. The Morgan fingerprint density at radius 2 is 2.10 bits per heavy atom. The molecule has 1 unspecified atom stereocenters. The number of aryl methyl sites for hydroxylation is 3. The summed E-state index contributed by atoms with van der Waals surface area (Å²) in [4.78, 5) is 29.6. The summed E-state index contributed by atoms with van der Waals surface area (Å²) in [6.07, 6.45) is 2.62. The summed E-state index contributed by atoms with van der Waals surface area (Å²) in [6, 6.07) is 9.65. The molecular weight excluding hydrogens is 370 g/mol. The Bertz CT molecular complexity index is 1080. The lowest BCUT2D eigenvalue weighted by Gasteiger charge is -2.11. The van der Waals surface area contributed by atoms with E-state index in [2.05, 4.69) is 15.4 Å². The molecule has 1 N–H and O–H groups in total. The van der Waals surface area contributed by atoms with Crippen molar-refractivity contribution in [1.29, 1.82) is 0 Å². The molecule has 0 spiro atoms. The Kier molecular flexibility index (Phi) is 5.44. The third kappa shape index (κ3) is 3.93. The maximum atomic E-state index is 12.9. The first-order chi connectivity index (χ1) is 14.0. The molecule has 1 fully saturated rings. The van der Waals surface area contributed by atoms with Gasteiger partial charge in [-0.25, -0.2) is 9.67 Å². The van der Waals surface area contributed by atoms with E-state index in [9.17, 15) is 9.59 Å². The van der Waals surface area contributed by atoms with E-state index in [1.165, 1.54) is 0 Å². The molecule has 1 amide bonds. The SMILES string of the molecule is Cc1nn(-c2ccccc2)c2c1nc(CCC(=O)NCC1CCCO1)c(=O)n2C. The lowest BCUT2D eigenvalue weighted by atomic mass is 10.2. The van der Waals surface area contributed by atoms with Crippen LogP contribution >= 0.6 is 0 Å². The molecule has 3 heterocycles. The summed E-state index contributed by atoms with van der Waals surface area (Å²) in [5, 5.41) is 7.46. The maximum absolute atomic E-state index is 12.9. The van der Waals surface area contributed by atoms with Crippen molar-refractivity contribution >= 4 is 17.1 Å². The number of hydrogen-bond acceptors (Lipinski definition) is 5. The summed E-state index contributed by atoms with van der Waals surface area (Å²) in [5.74, 6) is -0.0962. The van der Waals surface area contributed by atoms with Gasteiger partial charge in [-0.05, 0) is 31.9 Å². The Hall–Kier alpha value is -3.00. The Balaban J connectivity index is 1.55. The predicted molar refractivity (Wildman–Crippen MR) is 109 cm³/mol. The van der Waals surface area contributed by atoms with E-state index in [0.29, 0.717) is 23.4 Å². The number of ether oxygens (including phenoxy) is 1. The molecule has 0 radical (unpaired) electrons. The van der Waals surface area contributed by atoms with Gasteiger partial charge >= 0.3 is 0 Å². The van der Waals surface area contributed by atoms with Gasteiger partial charge in [0.2, 0.25) is 5.91 Å². The van der Waals surface area contributed by atoms with Crippen molar-refractivity contribution in [2.24, 2.45) is 7.05 Å². The van der Waals surface area contributed by atoms with Gasteiger partial charge in [-0.15, -0.1) is 0 Å². The van der Waals surface area contributed by atoms with Gasteiger partial charge in [0, 0.05) is 33.0 Å². The van der Waals surface area contributed by atoms with Gasteiger partial charge in [0.15, 0.2) is 5.65 Å². The van der Waals surface area contributed by atoms with Gasteiger partial charge in [0.1, 0.15) is 11.2 Å². The summed E-state index contributed by atoms with van der Waals surface area (Å²) >= 11 is 0. The fraction of sp³-hybridized carbons (Fsp3) is 0.429. The van der Waals surface area contributed by atoms with E-state index in [0.717, 1.165) is 30.8 Å². The highest BCUT2D eigenvalue weighted by Gasteiger charge is 2.19. The lowest BCUT2D eigenvalue weighted by molar-refractivity contribution is -0.121.